The first kappa shape index (κ1) is 23.0. The van der Waals surface area contributed by atoms with Crippen LogP contribution in [0.2, 0.25) is 13.1 Å². The number of benzene rings is 2. The molecule has 0 amide bonds. The van der Waals surface area contributed by atoms with Crippen molar-refractivity contribution in [1.29, 1.82) is 0 Å². The third-order valence-corrected chi connectivity index (χ3v) is 10.4. The molecule has 0 saturated heterocycles. The fourth-order valence-electron chi connectivity index (χ4n) is 4.94. The van der Waals surface area contributed by atoms with Crippen LogP contribution in [0.4, 0.5) is 5.69 Å². The Morgan fingerprint density at radius 3 is 2.55 bits per heavy atom. The summed E-state index contributed by atoms with van der Waals surface area (Å²) in [6.07, 6.45) is 7.48. The van der Waals surface area contributed by atoms with Crippen molar-refractivity contribution in [1.82, 2.24) is 0 Å². The maximum Gasteiger partial charge on any atom is 0.303 e. The number of aliphatic carboxylic acids is 1. The van der Waals surface area contributed by atoms with Gasteiger partial charge in [0.2, 0.25) is 0 Å². The van der Waals surface area contributed by atoms with Crippen LogP contribution in [0.25, 0.3) is 5.57 Å². The molecular formula is C28H32N2O2Si. The largest absolute Gasteiger partial charge is 0.481 e. The fourth-order valence-corrected chi connectivity index (χ4v) is 8.01. The highest BCUT2D eigenvalue weighted by Gasteiger charge is 2.39. The zero-order chi connectivity index (χ0) is 23.8. The first-order chi connectivity index (χ1) is 15.7. The number of hydrogen-bond donors (Lipinski definition) is 1. The van der Waals surface area contributed by atoms with Crippen molar-refractivity contribution in [3.8, 4) is 0 Å². The molecule has 4 nitrogen and oxygen atoms in total. The zero-order valence-corrected chi connectivity index (χ0v) is 21.1. The molecule has 0 fully saturated rings. The molecule has 0 unspecified atom stereocenters. The first-order valence-electron chi connectivity index (χ1n) is 11.5. The molecule has 2 aliphatic rings. The van der Waals surface area contributed by atoms with Crippen molar-refractivity contribution >= 4 is 36.2 Å². The lowest BCUT2D eigenvalue weighted by Crippen LogP contribution is -2.49. The van der Waals surface area contributed by atoms with E-state index < -0.39 is 14.0 Å². The van der Waals surface area contributed by atoms with E-state index in [-0.39, 0.29) is 6.42 Å². The van der Waals surface area contributed by atoms with E-state index in [0.717, 1.165) is 17.9 Å². The quantitative estimate of drug-likeness (QED) is 0.613. The van der Waals surface area contributed by atoms with Crippen LogP contribution in [0.5, 0.6) is 0 Å². The lowest BCUT2D eigenvalue weighted by molar-refractivity contribution is -0.137. The zero-order valence-electron chi connectivity index (χ0n) is 20.1. The van der Waals surface area contributed by atoms with E-state index in [1.54, 1.807) is 0 Å². The number of aliphatic imine (C=N–C) groups is 1. The summed E-state index contributed by atoms with van der Waals surface area (Å²) >= 11 is 0. The highest BCUT2D eigenvalue weighted by molar-refractivity contribution is 6.98. The maximum absolute atomic E-state index is 10.9. The first-order valence-corrected chi connectivity index (χ1v) is 14.5. The molecule has 0 atom stereocenters. The predicted octanol–water partition coefficient (Wildman–Crippen LogP) is 5.13. The summed E-state index contributed by atoms with van der Waals surface area (Å²) in [5.41, 5.74) is 8.64. The molecule has 0 bridgehead atoms. The van der Waals surface area contributed by atoms with Crippen LogP contribution < -0.4 is 10.1 Å². The van der Waals surface area contributed by atoms with E-state index in [1.807, 2.05) is 7.05 Å². The number of anilines is 1. The van der Waals surface area contributed by atoms with Crippen molar-refractivity contribution in [2.75, 3.05) is 25.5 Å². The van der Waals surface area contributed by atoms with Gasteiger partial charge in [-0.2, -0.15) is 0 Å². The van der Waals surface area contributed by atoms with Gasteiger partial charge in [0.05, 0.1) is 5.71 Å². The van der Waals surface area contributed by atoms with Gasteiger partial charge in [0, 0.05) is 32.7 Å². The van der Waals surface area contributed by atoms with Gasteiger partial charge in [0.1, 0.15) is 8.07 Å². The number of nitrogens with zero attached hydrogens (tertiary/aromatic N) is 2. The number of fused-ring (bicyclic) bond motifs is 2. The van der Waals surface area contributed by atoms with Crippen LogP contribution >= 0.6 is 0 Å². The Kier molecular flexibility index (Phi) is 6.26. The molecule has 2 aromatic carbocycles. The van der Waals surface area contributed by atoms with Gasteiger partial charge in [0.15, 0.2) is 0 Å². The molecule has 5 heteroatoms. The summed E-state index contributed by atoms with van der Waals surface area (Å²) in [7, 11) is 1.90. The molecule has 170 valence electrons. The fraction of sp³-hybridized carbons (Fsp3) is 0.286. The van der Waals surface area contributed by atoms with E-state index in [4.69, 9.17) is 5.11 Å². The molecule has 1 N–H and O–H groups in total. The van der Waals surface area contributed by atoms with Gasteiger partial charge in [-0.3, -0.25) is 9.79 Å². The van der Waals surface area contributed by atoms with Crippen LogP contribution in [0.1, 0.15) is 29.5 Å². The van der Waals surface area contributed by atoms with E-state index in [2.05, 4.69) is 97.7 Å². The Morgan fingerprint density at radius 2 is 1.85 bits per heavy atom. The second kappa shape index (κ2) is 8.98. The minimum atomic E-state index is -2.00. The molecule has 2 aromatic rings. The van der Waals surface area contributed by atoms with Gasteiger partial charge < -0.3 is 10.0 Å². The second-order valence-electron chi connectivity index (χ2n) is 9.42. The maximum atomic E-state index is 10.9. The van der Waals surface area contributed by atoms with Crippen LogP contribution in [0.15, 0.2) is 76.5 Å². The number of allylic oxidation sites excluding steroid dienone is 5. The normalized spacial score (nSPS) is 17.5. The highest BCUT2D eigenvalue weighted by Crippen LogP contribution is 2.42. The number of hydrogen-bond acceptors (Lipinski definition) is 3. The molecular weight excluding hydrogens is 424 g/mol. The standard InChI is InChI=1S/C28H32N2O2Si/c1-19-9-6-7-10-22(19)28-23-14-12-20(29-2)17-25(23)33(4,5)26-18-21(13-15-24(26)28)30(3)16-8-11-27(31)32/h6-7,9-10,12-15,17-18H,8,11,16H2,1-5H3,(H,31,32)/b29-20+. The molecule has 4 rings (SSSR count). The molecule has 33 heavy (non-hydrogen) atoms. The smallest absolute Gasteiger partial charge is 0.303 e. The summed E-state index contributed by atoms with van der Waals surface area (Å²) in [6.45, 7) is 7.75. The monoisotopic (exact) mass is 456 g/mol. The molecule has 1 heterocycles. The van der Waals surface area contributed by atoms with E-state index in [0.29, 0.717) is 6.42 Å². The van der Waals surface area contributed by atoms with Crippen LogP contribution in [-0.2, 0) is 4.79 Å². The third kappa shape index (κ3) is 4.25. The Labute approximate surface area is 197 Å². The topological polar surface area (TPSA) is 52.9 Å². The average Bonchev–Trinajstić information content (AvgIpc) is 2.79. The number of carboxylic acid groups (broad SMARTS) is 1. The van der Waals surface area contributed by atoms with E-state index in [9.17, 15) is 4.79 Å². The molecule has 0 spiro atoms. The summed E-state index contributed by atoms with van der Waals surface area (Å²) in [6, 6.07) is 15.4. The van der Waals surface area contributed by atoms with Gasteiger partial charge >= 0.3 is 5.97 Å². The Bertz CT molecular complexity index is 1230. The van der Waals surface area contributed by atoms with Crippen molar-refractivity contribution in [2.24, 2.45) is 4.99 Å². The van der Waals surface area contributed by atoms with Gasteiger partial charge in [0.25, 0.3) is 0 Å². The van der Waals surface area contributed by atoms with Crippen molar-refractivity contribution in [3.63, 3.8) is 0 Å². The Morgan fingerprint density at radius 1 is 1.09 bits per heavy atom. The molecule has 1 aliphatic heterocycles. The Balaban J connectivity index is 1.89. The minimum Gasteiger partial charge on any atom is -0.481 e. The SMILES string of the molecule is C/N=C1\C=CC2=C(c3ccccc3C)c3ccc(N(C)CCCC(=O)O)cc3[Si](C)(C)C2=C1. The molecule has 0 aromatic heterocycles. The summed E-state index contributed by atoms with van der Waals surface area (Å²) in [5, 5.41) is 11.8. The van der Waals surface area contributed by atoms with Crippen LogP contribution in [-0.4, -0.2) is 45.5 Å². The molecule has 0 radical (unpaired) electrons. The number of carbonyl (C=O) groups is 1. The highest BCUT2D eigenvalue weighted by atomic mass is 28.3. The van der Waals surface area contributed by atoms with Crippen molar-refractivity contribution < 1.29 is 9.90 Å². The van der Waals surface area contributed by atoms with Crippen molar-refractivity contribution in [2.45, 2.75) is 32.9 Å². The summed E-state index contributed by atoms with van der Waals surface area (Å²) < 4.78 is 0. The molecule has 1 aliphatic carbocycles. The van der Waals surface area contributed by atoms with E-state index >= 15 is 0 Å². The van der Waals surface area contributed by atoms with Gasteiger partial charge in [-0.25, -0.2) is 0 Å². The summed E-state index contributed by atoms with van der Waals surface area (Å²) in [5.74, 6) is -0.742. The average molecular weight is 457 g/mol. The predicted molar refractivity (Wildman–Crippen MR) is 141 cm³/mol. The lowest BCUT2D eigenvalue weighted by Gasteiger charge is -2.39. The van der Waals surface area contributed by atoms with Gasteiger partial charge in [-0.15, -0.1) is 0 Å². The van der Waals surface area contributed by atoms with Crippen LogP contribution in [0.3, 0.4) is 0 Å². The molecule has 0 saturated carbocycles. The minimum absolute atomic E-state index is 0.192. The Hall–Kier alpha value is -3.18. The lowest BCUT2D eigenvalue weighted by atomic mass is 9.87. The van der Waals surface area contributed by atoms with Crippen LogP contribution in [0, 0.1) is 6.92 Å². The summed E-state index contributed by atoms with van der Waals surface area (Å²) in [4.78, 5) is 17.6. The van der Waals surface area contributed by atoms with E-state index in [1.165, 1.54) is 38.2 Å². The van der Waals surface area contributed by atoms with Gasteiger partial charge in [-0.1, -0.05) is 49.5 Å². The number of aryl methyl sites for hydroxylation is 1. The number of carboxylic acids is 1. The number of rotatable bonds is 6. The third-order valence-electron chi connectivity index (χ3n) is 6.89. The van der Waals surface area contributed by atoms with Gasteiger partial charge in [-0.05, 0) is 75.8 Å². The van der Waals surface area contributed by atoms with Crippen molar-refractivity contribution in [3.05, 3.63) is 88.2 Å². The second-order valence-corrected chi connectivity index (χ2v) is 13.7.